The van der Waals surface area contributed by atoms with Gasteiger partial charge in [-0.05, 0) is 65.9 Å². The number of benzene rings is 3. The molecule has 0 saturated carbocycles. The quantitative estimate of drug-likeness (QED) is 0.288. The number of halogens is 2. The van der Waals surface area contributed by atoms with Gasteiger partial charge in [0.25, 0.3) is 11.1 Å². The summed E-state index contributed by atoms with van der Waals surface area (Å²) in [5.74, 6) is -0.493. The Bertz CT molecular complexity index is 1320. The smallest absolute Gasteiger partial charge is 0.294 e. The molecule has 4 rings (SSSR count). The van der Waals surface area contributed by atoms with Crippen molar-refractivity contribution in [1.29, 1.82) is 0 Å². The van der Waals surface area contributed by atoms with Gasteiger partial charge in [0.2, 0.25) is 5.91 Å². The van der Waals surface area contributed by atoms with E-state index in [0.29, 0.717) is 24.5 Å². The second-order valence-electron chi connectivity index (χ2n) is 7.53. The van der Waals surface area contributed by atoms with Crippen LogP contribution in [0.15, 0.2) is 77.7 Å². The van der Waals surface area contributed by atoms with Crippen molar-refractivity contribution in [3.05, 3.63) is 94.1 Å². The Hall–Kier alpha value is -3.82. The summed E-state index contributed by atoms with van der Waals surface area (Å²) in [4.78, 5) is 38.5. The maximum Gasteiger partial charge on any atom is 0.294 e. The molecule has 1 N–H and O–H groups in total. The highest BCUT2D eigenvalue weighted by Crippen LogP contribution is 2.32. The van der Waals surface area contributed by atoms with E-state index < -0.39 is 29.4 Å². The average Bonchev–Trinajstić information content (AvgIpc) is 3.12. The molecule has 3 amide bonds. The molecule has 0 unspecified atom stereocenters. The second kappa shape index (κ2) is 11.7. The van der Waals surface area contributed by atoms with Crippen molar-refractivity contribution in [2.45, 2.75) is 0 Å². The van der Waals surface area contributed by atoms with E-state index in [1.807, 2.05) is 30.3 Å². The summed E-state index contributed by atoms with van der Waals surface area (Å²) in [6.45, 7) is 0.199. The molecular weight excluding hydrogens is 507 g/mol. The highest BCUT2D eigenvalue weighted by molar-refractivity contribution is 8.18. The molecule has 0 spiro atoms. The topological polar surface area (TPSA) is 84.9 Å². The zero-order chi connectivity index (χ0) is 25.5. The summed E-state index contributed by atoms with van der Waals surface area (Å²) < 4.78 is 24.6. The number of ether oxygens (including phenoxy) is 2. The van der Waals surface area contributed by atoms with Crippen molar-refractivity contribution < 1.29 is 28.2 Å². The molecular formula is C26H20ClFN2O5S. The SMILES string of the molecule is O=C(CN1C(=O)S/C(=C/c2cccc(OCCOc3ccccc3)c2)C1=O)Nc1ccc(F)c(Cl)c1. The highest BCUT2D eigenvalue weighted by Gasteiger charge is 2.36. The van der Waals surface area contributed by atoms with Gasteiger partial charge in [-0.3, -0.25) is 19.3 Å². The molecule has 36 heavy (non-hydrogen) atoms. The Morgan fingerprint density at radius 3 is 2.44 bits per heavy atom. The van der Waals surface area contributed by atoms with Gasteiger partial charge in [0.1, 0.15) is 37.1 Å². The van der Waals surface area contributed by atoms with Crippen LogP contribution in [-0.4, -0.2) is 41.7 Å². The fourth-order valence-electron chi connectivity index (χ4n) is 3.24. The van der Waals surface area contributed by atoms with E-state index in [9.17, 15) is 18.8 Å². The first-order valence-corrected chi connectivity index (χ1v) is 12.0. The van der Waals surface area contributed by atoms with E-state index in [0.717, 1.165) is 28.5 Å². The molecule has 1 fully saturated rings. The number of carbonyl (C=O) groups excluding carboxylic acids is 3. The van der Waals surface area contributed by atoms with E-state index in [1.165, 1.54) is 12.1 Å². The van der Waals surface area contributed by atoms with Crippen LogP contribution in [-0.2, 0) is 9.59 Å². The van der Waals surface area contributed by atoms with Crippen LogP contribution in [0.5, 0.6) is 11.5 Å². The highest BCUT2D eigenvalue weighted by atomic mass is 35.5. The van der Waals surface area contributed by atoms with Gasteiger partial charge in [0.15, 0.2) is 0 Å². The lowest BCUT2D eigenvalue weighted by molar-refractivity contribution is -0.127. The first-order chi connectivity index (χ1) is 17.4. The molecule has 7 nitrogen and oxygen atoms in total. The van der Waals surface area contributed by atoms with Crippen LogP contribution < -0.4 is 14.8 Å². The molecule has 10 heteroatoms. The zero-order valence-electron chi connectivity index (χ0n) is 18.8. The fourth-order valence-corrected chi connectivity index (χ4v) is 4.25. The first-order valence-electron chi connectivity index (χ1n) is 10.8. The molecule has 3 aromatic carbocycles. The summed E-state index contributed by atoms with van der Waals surface area (Å²) >= 11 is 6.45. The molecule has 1 heterocycles. The van der Waals surface area contributed by atoms with Crippen molar-refractivity contribution in [2.24, 2.45) is 0 Å². The summed E-state index contributed by atoms with van der Waals surface area (Å²) in [6.07, 6.45) is 1.57. The minimum Gasteiger partial charge on any atom is -0.490 e. The van der Waals surface area contributed by atoms with Gasteiger partial charge in [-0.15, -0.1) is 0 Å². The second-order valence-corrected chi connectivity index (χ2v) is 8.93. The van der Waals surface area contributed by atoms with Gasteiger partial charge >= 0.3 is 0 Å². The van der Waals surface area contributed by atoms with E-state index in [-0.39, 0.29) is 15.6 Å². The number of amides is 3. The summed E-state index contributed by atoms with van der Waals surface area (Å²) in [5.41, 5.74) is 0.910. The third kappa shape index (κ3) is 6.65. The number of carbonyl (C=O) groups is 3. The molecule has 3 aromatic rings. The van der Waals surface area contributed by atoms with E-state index in [4.69, 9.17) is 21.1 Å². The van der Waals surface area contributed by atoms with Crippen molar-refractivity contribution in [3.8, 4) is 11.5 Å². The van der Waals surface area contributed by atoms with Crippen LogP contribution in [0, 0.1) is 5.82 Å². The zero-order valence-corrected chi connectivity index (χ0v) is 20.4. The van der Waals surface area contributed by atoms with Gasteiger partial charge in [-0.1, -0.05) is 41.9 Å². The number of thioether (sulfide) groups is 1. The summed E-state index contributed by atoms with van der Waals surface area (Å²) in [5, 5.41) is 1.77. The van der Waals surface area contributed by atoms with Crippen LogP contribution >= 0.6 is 23.4 Å². The van der Waals surface area contributed by atoms with E-state index in [2.05, 4.69) is 5.32 Å². The number of hydrogen-bond acceptors (Lipinski definition) is 6. The van der Waals surface area contributed by atoms with Crippen LogP contribution in [0.3, 0.4) is 0 Å². The van der Waals surface area contributed by atoms with Gasteiger partial charge in [0, 0.05) is 5.69 Å². The minimum atomic E-state index is -0.624. The Kier molecular flexibility index (Phi) is 8.24. The van der Waals surface area contributed by atoms with Crippen LogP contribution in [0.1, 0.15) is 5.56 Å². The van der Waals surface area contributed by atoms with Gasteiger partial charge in [0.05, 0.1) is 9.93 Å². The summed E-state index contributed by atoms with van der Waals surface area (Å²) in [6, 6.07) is 20.1. The van der Waals surface area contributed by atoms with Crippen molar-refractivity contribution in [1.82, 2.24) is 4.90 Å². The lowest BCUT2D eigenvalue weighted by atomic mass is 10.2. The largest absolute Gasteiger partial charge is 0.490 e. The van der Waals surface area contributed by atoms with Crippen molar-refractivity contribution >= 4 is 52.2 Å². The van der Waals surface area contributed by atoms with Crippen molar-refractivity contribution in [2.75, 3.05) is 25.1 Å². The fraction of sp³-hybridized carbons (Fsp3) is 0.115. The third-order valence-corrected chi connectivity index (χ3v) is 6.10. The Labute approximate surface area is 215 Å². The number of anilines is 1. The molecule has 0 aliphatic carbocycles. The average molecular weight is 527 g/mol. The van der Waals surface area contributed by atoms with E-state index in [1.54, 1.807) is 30.3 Å². The number of para-hydroxylation sites is 1. The maximum absolute atomic E-state index is 13.3. The predicted molar refractivity (Wildman–Crippen MR) is 137 cm³/mol. The standard InChI is InChI=1S/C26H20ClFN2O5S/c27-21-15-18(9-10-22(21)28)29-24(31)16-30-25(32)23(36-26(30)33)14-17-5-4-8-20(13-17)35-12-11-34-19-6-2-1-3-7-19/h1-10,13-15H,11-12,16H2,(H,29,31)/b23-14+. The molecule has 0 atom stereocenters. The van der Waals surface area contributed by atoms with E-state index >= 15 is 0 Å². The Morgan fingerprint density at radius 1 is 0.972 bits per heavy atom. The number of nitrogens with zero attached hydrogens (tertiary/aromatic N) is 1. The maximum atomic E-state index is 13.3. The lowest BCUT2D eigenvalue weighted by Crippen LogP contribution is -2.36. The van der Waals surface area contributed by atoms with Crippen LogP contribution in [0.2, 0.25) is 5.02 Å². The molecule has 1 saturated heterocycles. The Balaban J connectivity index is 1.33. The molecule has 0 radical (unpaired) electrons. The first kappa shape index (κ1) is 25.3. The van der Waals surface area contributed by atoms with Crippen LogP contribution in [0.4, 0.5) is 14.9 Å². The molecule has 1 aliphatic heterocycles. The number of imide groups is 1. The third-order valence-electron chi connectivity index (χ3n) is 4.90. The van der Waals surface area contributed by atoms with Crippen molar-refractivity contribution in [3.63, 3.8) is 0 Å². The molecule has 0 bridgehead atoms. The van der Waals surface area contributed by atoms with Gasteiger partial charge in [-0.25, -0.2) is 4.39 Å². The van der Waals surface area contributed by atoms with Gasteiger partial charge in [-0.2, -0.15) is 0 Å². The minimum absolute atomic E-state index is 0.156. The normalized spacial score (nSPS) is 14.3. The number of nitrogens with one attached hydrogen (secondary N) is 1. The molecule has 0 aromatic heterocycles. The predicted octanol–water partition coefficient (Wildman–Crippen LogP) is 5.61. The number of hydrogen-bond donors (Lipinski definition) is 1. The van der Waals surface area contributed by atoms with Crippen LogP contribution in [0.25, 0.3) is 6.08 Å². The number of rotatable bonds is 9. The molecule has 184 valence electrons. The molecule has 1 aliphatic rings. The lowest BCUT2D eigenvalue weighted by Gasteiger charge is -2.12. The van der Waals surface area contributed by atoms with Gasteiger partial charge < -0.3 is 14.8 Å². The Morgan fingerprint density at radius 2 is 1.69 bits per heavy atom. The summed E-state index contributed by atoms with van der Waals surface area (Å²) in [7, 11) is 0. The monoisotopic (exact) mass is 526 g/mol.